The Morgan fingerprint density at radius 1 is 1.04 bits per heavy atom. The summed E-state index contributed by atoms with van der Waals surface area (Å²) in [5, 5.41) is 7.87. The van der Waals surface area contributed by atoms with E-state index in [9.17, 15) is 14.4 Å². The number of carbonyl (C=O) groups is 3. The van der Waals surface area contributed by atoms with Crippen LogP contribution in [0, 0.1) is 0 Å². The van der Waals surface area contributed by atoms with Crippen LogP contribution in [0.15, 0.2) is 48.8 Å². The van der Waals surface area contributed by atoms with Gasteiger partial charge in [0, 0.05) is 24.6 Å². The van der Waals surface area contributed by atoms with E-state index in [0.717, 1.165) is 5.56 Å². The molecule has 0 fully saturated rings. The topological polar surface area (TPSA) is 109 Å². The van der Waals surface area contributed by atoms with E-state index in [4.69, 9.17) is 4.74 Å². The first kappa shape index (κ1) is 20.9. The monoisotopic (exact) mass is 384 g/mol. The number of alkyl carbamates (subject to hydrolysis) is 1. The highest BCUT2D eigenvalue weighted by atomic mass is 16.6. The molecular weight excluding hydrogens is 360 g/mol. The standard InChI is InChI=1S/C20H24N4O4/c1-20(2,3)28-19(27)23-13-17(25)22-11-14-6-8-16(9-7-14)24-18(26)15-5-4-10-21-12-15/h4-10,12H,11,13H2,1-3H3,(H,22,25)(H,23,27)(H,24,26). The zero-order valence-corrected chi connectivity index (χ0v) is 16.1. The van der Waals surface area contributed by atoms with E-state index in [1.807, 2.05) is 0 Å². The van der Waals surface area contributed by atoms with Crippen molar-refractivity contribution in [3.05, 3.63) is 59.9 Å². The zero-order valence-electron chi connectivity index (χ0n) is 16.1. The third-order valence-corrected chi connectivity index (χ3v) is 3.42. The molecule has 2 rings (SSSR count). The summed E-state index contributed by atoms with van der Waals surface area (Å²) in [4.78, 5) is 39.3. The predicted octanol–water partition coefficient (Wildman–Crippen LogP) is 2.47. The first-order valence-corrected chi connectivity index (χ1v) is 8.77. The van der Waals surface area contributed by atoms with Gasteiger partial charge < -0.3 is 20.7 Å². The summed E-state index contributed by atoms with van der Waals surface area (Å²) in [7, 11) is 0. The van der Waals surface area contributed by atoms with Gasteiger partial charge in [-0.3, -0.25) is 14.6 Å². The maximum absolute atomic E-state index is 12.1. The highest BCUT2D eigenvalue weighted by Crippen LogP contribution is 2.11. The van der Waals surface area contributed by atoms with E-state index < -0.39 is 11.7 Å². The summed E-state index contributed by atoms with van der Waals surface area (Å²) >= 11 is 0. The molecule has 8 nitrogen and oxygen atoms in total. The number of nitrogens with zero attached hydrogens (tertiary/aromatic N) is 1. The van der Waals surface area contributed by atoms with Gasteiger partial charge in [0.2, 0.25) is 5.91 Å². The van der Waals surface area contributed by atoms with Crippen molar-refractivity contribution >= 4 is 23.6 Å². The maximum atomic E-state index is 12.1. The number of nitrogens with one attached hydrogen (secondary N) is 3. The van der Waals surface area contributed by atoms with Crippen LogP contribution in [-0.2, 0) is 16.1 Å². The Labute approximate surface area is 163 Å². The zero-order chi connectivity index (χ0) is 20.6. The summed E-state index contributed by atoms with van der Waals surface area (Å²) in [5.41, 5.74) is 1.34. The van der Waals surface area contributed by atoms with Gasteiger partial charge >= 0.3 is 6.09 Å². The Hall–Kier alpha value is -3.42. The van der Waals surface area contributed by atoms with E-state index in [-0.39, 0.29) is 18.4 Å². The molecule has 28 heavy (non-hydrogen) atoms. The van der Waals surface area contributed by atoms with E-state index in [1.165, 1.54) is 6.20 Å². The molecule has 3 amide bonds. The van der Waals surface area contributed by atoms with Crippen LogP contribution < -0.4 is 16.0 Å². The van der Waals surface area contributed by atoms with Gasteiger partial charge in [-0.05, 0) is 50.6 Å². The molecule has 1 aromatic heterocycles. The lowest BCUT2D eigenvalue weighted by Gasteiger charge is -2.19. The number of pyridine rings is 1. The van der Waals surface area contributed by atoms with E-state index >= 15 is 0 Å². The van der Waals surface area contributed by atoms with Crippen LogP contribution in [0.2, 0.25) is 0 Å². The summed E-state index contributed by atoms with van der Waals surface area (Å²) in [6, 6.07) is 10.4. The maximum Gasteiger partial charge on any atom is 0.408 e. The SMILES string of the molecule is CC(C)(C)OC(=O)NCC(=O)NCc1ccc(NC(=O)c2cccnc2)cc1. The average Bonchev–Trinajstić information content (AvgIpc) is 2.65. The van der Waals surface area contributed by atoms with Gasteiger partial charge in [-0.1, -0.05) is 12.1 Å². The molecule has 148 valence electrons. The minimum atomic E-state index is -0.642. The minimum Gasteiger partial charge on any atom is -0.444 e. The van der Waals surface area contributed by atoms with Crippen LogP contribution in [-0.4, -0.2) is 35.0 Å². The minimum absolute atomic E-state index is 0.172. The molecule has 8 heteroatoms. The summed E-state index contributed by atoms with van der Waals surface area (Å²) < 4.78 is 5.06. The molecule has 3 N–H and O–H groups in total. The largest absolute Gasteiger partial charge is 0.444 e. The van der Waals surface area contributed by atoms with Crippen LogP contribution >= 0.6 is 0 Å². The molecule has 1 aromatic carbocycles. The Bertz CT molecular complexity index is 814. The molecule has 0 aliphatic heterocycles. The Morgan fingerprint density at radius 2 is 1.75 bits per heavy atom. The second-order valence-corrected chi connectivity index (χ2v) is 7.02. The number of benzene rings is 1. The Kier molecular flexibility index (Phi) is 7.08. The van der Waals surface area contributed by atoms with Crippen LogP contribution in [0.1, 0.15) is 36.7 Å². The molecule has 0 saturated carbocycles. The number of ether oxygens (including phenoxy) is 1. The van der Waals surface area contributed by atoms with Crippen molar-refractivity contribution in [1.82, 2.24) is 15.6 Å². The fourth-order valence-electron chi connectivity index (χ4n) is 2.14. The molecule has 0 spiro atoms. The summed E-state index contributed by atoms with van der Waals surface area (Å²) in [6.45, 7) is 5.36. The first-order valence-electron chi connectivity index (χ1n) is 8.77. The van der Waals surface area contributed by atoms with Crippen LogP contribution in [0.25, 0.3) is 0 Å². The number of amides is 3. The number of rotatable bonds is 6. The molecule has 0 aliphatic carbocycles. The number of hydrogen-bond donors (Lipinski definition) is 3. The number of anilines is 1. The highest BCUT2D eigenvalue weighted by molar-refractivity contribution is 6.04. The van der Waals surface area contributed by atoms with Gasteiger partial charge in [-0.2, -0.15) is 0 Å². The third-order valence-electron chi connectivity index (χ3n) is 3.42. The number of aromatic nitrogens is 1. The molecule has 0 saturated heterocycles. The van der Waals surface area contributed by atoms with Crippen molar-refractivity contribution in [2.24, 2.45) is 0 Å². The first-order chi connectivity index (χ1) is 13.2. The lowest BCUT2D eigenvalue weighted by Crippen LogP contribution is -2.39. The molecule has 0 radical (unpaired) electrons. The fraction of sp³-hybridized carbons (Fsp3) is 0.300. The van der Waals surface area contributed by atoms with Gasteiger partial charge in [0.15, 0.2) is 0 Å². The van der Waals surface area contributed by atoms with Crippen molar-refractivity contribution in [1.29, 1.82) is 0 Å². The Balaban J connectivity index is 1.75. The molecule has 2 aromatic rings. The van der Waals surface area contributed by atoms with Crippen LogP contribution in [0.4, 0.5) is 10.5 Å². The third kappa shape index (κ3) is 7.45. The Morgan fingerprint density at radius 3 is 2.36 bits per heavy atom. The summed E-state index contributed by atoms with van der Waals surface area (Å²) in [5.74, 6) is -0.581. The van der Waals surface area contributed by atoms with E-state index in [0.29, 0.717) is 17.8 Å². The number of hydrogen-bond acceptors (Lipinski definition) is 5. The van der Waals surface area contributed by atoms with E-state index in [1.54, 1.807) is 63.4 Å². The van der Waals surface area contributed by atoms with Crippen molar-refractivity contribution in [3.8, 4) is 0 Å². The van der Waals surface area contributed by atoms with Gasteiger partial charge in [0.25, 0.3) is 5.91 Å². The highest BCUT2D eigenvalue weighted by Gasteiger charge is 2.16. The molecule has 0 bridgehead atoms. The second-order valence-electron chi connectivity index (χ2n) is 7.02. The van der Waals surface area contributed by atoms with E-state index in [2.05, 4.69) is 20.9 Å². The van der Waals surface area contributed by atoms with Crippen LogP contribution in [0.5, 0.6) is 0 Å². The van der Waals surface area contributed by atoms with Crippen LogP contribution in [0.3, 0.4) is 0 Å². The fourth-order valence-corrected chi connectivity index (χ4v) is 2.14. The lowest BCUT2D eigenvalue weighted by molar-refractivity contribution is -0.120. The van der Waals surface area contributed by atoms with Crippen molar-refractivity contribution < 1.29 is 19.1 Å². The molecule has 1 heterocycles. The quantitative estimate of drug-likeness (QED) is 0.709. The van der Waals surface area contributed by atoms with Crippen molar-refractivity contribution in [2.75, 3.05) is 11.9 Å². The molecular formula is C20H24N4O4. The average molecular weight is 384 g/mol. The number of carbonyl (C=O) groups excluding carboxylic acids is 3. The molecule has 0 unspecified atom stereocenters. The predicted molar refractivity (Wildman–Crippen MR) is 105 cm³/mol. The van der Waals surface area contributed by atoms with Gasteiger partial charge in [-0.15, -0.1) is 0 Å². The normalized spacial score (nSPS) is 10.7. The van der Waals surface area contributed by atoms with Crippen molar-refractivity contribution in [2.45, 2.75) is 32.9 Å². The van der Waals surface area contributed by atoms with Gasteiger partial charge in [0.05, 0.1) is 5.56 Å². The van der Waals surface area contributed by atoms with Crippen molar-refractivity contribution in [3.63, 3.8) is 0 Å². The lowest BCUT2D eigenvalue weighted by atomic mass is 10.2. The molecule has 0 aliphatic rings. The second kappa shape index (κ2) is 9.50. The van der Waals surface area contributed by atoms with Gasteiger partial charge in [-0.25, -0.2) is 4.79 Å². The van der Waals surface area contributed by atoms with Gasteiger partial charge in [0.1, 0.15) is 12.1 Å². The summed E-state index contributed by atoms with van der Waals surface area (Å²) in [6.07, 6.45) is 2.45. The molecule has 0 atom stereocenters. The smallest absolute Gasteiger partial charge is 0.408 e.